The van der Waals surface area contributed by atoms with Gasteiger partial charge in [0, 0.05) is 17.3 Å². The van der Waals surface area contributed by atoms with Crippen molar-refractivity contribution in [3.05, 3.63) is 54.3 Å². The van der Waals surface area contributed by atoms with Crippen LogP contribution in [0.2, 0.25) is 0 Å². The lowest BCUT2D eigenvalue weighted by molar-refractivity contribution is -0.125. The minimum Gasteiger partial charge on any atom is -0.347 e. The molecule has 0 saturated heterocycles. The molecular formula is C19H20FN3O4S. The van der Waals surface area contributed by atoms with Crippen LogP contribution in [0.4, 0.5) is 15.8 Å². The topological polar surface area (TPSA) is 104 Å². The van der Waals surface area contributed by atoms with Gasteiger partial charge in [-0.3, -0.25) is 14.3 Å². The average molecular weight is 405 g/mol. The second-order valence-corrected chi connectivity index (χ2v) is 8.40. The number of anilines is 2. The van der Waals surface area contributed by atoms with Crippen LogP contribution in [0.5, 0.6) is 0 Å². The number of nitrogens with one attached hydrogen (secondary N) is 3. The van der Waals surface area contributed by atoms with E-state index >= 15 is 0 Å². The number of rotatable bonds is 7. The molecule has 0 unspecified atom stereocenters. The maximum atomic E-state index is 12.9. The fraction of sp³-hybridized carbons (Fsp3) is 0.263. The van der Waals surface area contributed by atoms with Gasteiger partial charge in [-0.15, -0.1) is 0 Å². The lowest BCUT2D eigenvalue weighted by atomic mass is 10.3. The summed E-state index contributed by atoms with van der Waals surface area (Å²) in [4.78, 5) is 23.5. The van der Waals surface area contributed by atoms with Crippen LogP contribution in [0.15, 0.2) is 53.4 Å². The van der Waals surface area contributed by atoms with Crippen molar-refractivity contribution in [2.45, 2.75) is 18.2 Å². The molecule has 28 heavy (non-hydrogen) atoms. The highest BCUT2D eigenvalue weighted by Gasteiger charge is 2.38. The summed E-state index contributed by atoms with van der Waals surface area (Å²) >= 11 is 0. The molecule has 1 aliphatic rings. The van der Waals surface area contributed by atoms with Crippen LogP contribution < -0.4 is 15.4 Å². The van der Waals surface area contributed by atoms with Crippen molar-refractivity contribution >= 4 is 33.2 Å². The molecule has 2 amide bonds. The van der Waals surface area contributed by atoms with Crippen molar-refractivity contribution in [1.29, 1.82) is 0 Å². The number of sulfonamides is 1. The smallest absolute Gasteiger partial charge is 0.261 e. The molecule has 0 aliphatic heterocycles. The molecule has 0 spiro atoms. The molecule has 0 bridgehead atoms. The van der Waals surface area contributed by atoms with E-state index in [2.05, 4.69) is 15.4 Å². The van der Waals surface area contributed by atoms with E-state index in [0.29, 0.717) is 17.3 Å². The van der Waals surface area contributed by atoms with Gasteiger partial charge >= 0.3 is 0 Å². The van der Waals surface area contributed by atoms with Crippen molar-refractivity contribution in [3.63, 3.8) is 0 Å². The summed E-state index contributed by atoms with van der Waals surface area (Å²) in [6, 6.07) is 10.5. The van der Waals surface area contributed by atoms with Crippen LogP contribution in [-0.2, 0) is 19.6 Å². The SMILES string of the molecule is C[C@H]1C[C@H]1C(=O)NCC(=O)Nc1ccc(NS(=O)(=O)c2ccc(F)cc2)cc1. The minimum atomic E-state index is -3.84. The van der Waals surface area contributed by atoms with Gasteiger partial charge in [-0.1, -0.05) is 6.92 Å². The van der Waals surface area contributed by atoms with Crippen molar-refractivity contribution in [3.8, 4) is 0 Å². The largest absolute Gasteiger partial charge is 0.347 e. The maximum absolute atomic E-state index is 12.9. The summed E-state index contributed by atoms with van der Waals surface area (Å²) in [7, 11) is -3.84. The Morgan fingerprint density at radius 1 is 1.04 bits per heavy atom. The van der Waals surface area contributed by atoms with Gasteiger partial charge in [0.1, 0.15) is 5.82 Å². The van der Waals surface area contributed by atoms with Crippen LogP contribution >= 0.6 is 0 Å². The van der Waals surface area contributed by atoms with Crippen molar-refractivity contribution in [2.75, 3.05) is 16.6 Å². The van der Waals surface area contributed by atoms with Crippen LogP contribution in [0.25, 0.3) is 0 Å². The predicted octanol–water partition coefficient (Wildman–Crippen LogP) is 2.34. The summed E-state index contributed by atoms with van der Waals surface area (Å²) in [5.74, 6) is -0.646. The standard InChI is InChI=1S/C19H20FN3O4S/c1-12-10-17(12)19(25)21-11-18(24)22-14-4-6-15(7-5-14)23-28(26,27)16-8-2-13(20)3-9-16/h2-9,12,17,23H,10-11H2,1H3,(H,21,25)(H,22,24)/t12-,17+/m0/s1. The molecule has 2 atom stereocenters. The molecule has 0 radical (unpaired) electrons. The van der Waals surface area contributed by atoms with E-state index in [4.69, 9.17) is 0 Å². The van der Waals surface area contributed by atoms with Crippen LogP contribution in [0, 0.1) is 17.7 Å². The summed E-state index contributed by atoms with van der Waals surface area (Å²) in [6.07, 6.45) is 0.850. The van der Waals surface area contributed by atoms with Gasteiger partial charge in [0.2, 0.25) is 11.8 Å². The van der Waals surface area contributed by atoms with Crippen LogP contribution in [0.1, 0.15) is 13.3 Å². The molecule has 0 aromatic heterocycles. The number of hydrogen-bond donors (Lipinski definition) is 3. The van der Waals surface area contributed by atoms with Gasteiger partial charge in [-0.2, -0.15) is 0 Å². The number of carbonyl (C=O) groups is 2. The molecule has 9 heteroatoms. The molecule has 1 fully saturated rings. The molecule has 3 rings (SSSR count). The Morgan fingerprint density at radius 2 is 1.61 bits per heavy atom. The Balaban J connectivity index is 1.53. The van der Waals surface area contributed by atoms with E-state index in [1.807, 2.05) is 6.92 Å². The number of benzene rings is 2. The maximum Gasteiger partial charge on any atom is 0.261 e. The Hall–Kier alpha value is -2.94. The van der Waals surface area contributed by atoms with E-state index in [-0.39, 0.29) is 29.2 Å². The van der Waals surface area contributed by atoms with Crippen molar-refractivity contribution in [1.82, 2.24) is 5.32 Å². The van der Waals surface area contributed by atoms with Crippen LogP contribution in [0.3, 0.4) is 0 Å². The highest BCUT2D eigenvalue weighted by Crippen LogP contribution is 2.37. The number of halogens is 1. The normalized spacial score (nSPS) is 18.2. The lowest BCUT2D eigenvalue weighted by Gasteiger charge is -2.10. The zero-order valence-electron chi connectivity index (χ0n) is 15.1. The van der Waals surface area contributed by atoms with Crippen LogP contribution in [-0.4, -0.2) is 26.8 Å². The van der Waals surface area contributed by atoms with Gasteiger partial charge in [0.15, 0.2) is 0 Å². The number of amides is 2. The summed E-state index contributed by atoms with van der Waals surface area (Å²) in [6.45, 7) is 1.86. The van der Waals surface area contributed by atoms with Gasteiger partial charge in [-0.05, 0) is 60.9 Å². The Morgan fingerprint density at radius 3 is 2.18 bits per heavy atom. The zero-order valence-corrected chi connectivity index (χ0v) is 15.9. The van der Waals surface area contributed by atoms with E-state index in [9.17, 15) is 22.4 Å². The van der Waals surface area contributed by atoms with E-state index in [0.717, 1.165) is 18.6 Å². The van der Waals surface area contributed by atoms with Crippen molar-refractivity contribution < 1.29 is 22.4 Å². The lowest BCUT2D eigenvalue weighted by Crippen LogP contribution is -2.34. The second kappa shape index (κ2) is 7.97. The highest BCUT2D eigenvalue weighted by molar-refractivity contribution is 7.92. The Bertz CT molecular complexity index is 975. The zero-order chi connectivity index (χ0) is 20.3. The van der Waals surface area contributed by atoms with Gasteiger partial charge in [0.25, 0.3) is 10.0 Å². The quantitative estimate of drug-likeness (QED) is 0.658. The van der Waals surface area contributed by atoms with Crippen molar-refractivity contribution in [2.24, 2.45) is 11.8 Å². The van der Waals surface area contributed by atoms with E-state index < -0.39 is 15.8 Å². The second-order valence-electron chi connectivity index (χ2n) is 6.72. The Labute approximate surface area is 162 Å². The highest BCUT2D eigenvalue weighted by atomic mass is 32.2. The molecule has 7 nitrogen and oxygen atoms in total. The first-order valence-corrected chi connectivity index (χ1v) is 10.2. The molecule has 3 N–H and O–H groups in total. The summed E-state index contributed by atoms with van der Waals surface area (Å²) in [5.41, 5.74) is 0.752. The van der Waals surface area contributed by atoms with E-state index in [1.165, 1.54) is 36.4 Å². The number of carbonyl (C=O) groups excluding carboxylic acids is 2. The molecular weight excluding hydrogens is 385 g/mol. The minimum absolute atomic E-state index is 0.00112. The third-order valence-corrected chi connectivity index (χ3v) is 5.81. The monoisotopic (exact) mass is 405 g/mol. The first kappa shape index (κ1) is 19.8. The average Bonchev–Trinajstić information content (AvgIpc) is 3.38. The van der Waals surface area contributed by atoms with Gasteiger partial charge in [0.05, 0.1) is 11.4 Å². The summed E-state index contributed by atoms with van der Waals surface area (Å²) in [5, 5.41) is 5.21. The first-order valence-electron chi connectivity index (χ1n) is 8.70. The molecule has 2 aromatic carbocycles. The van der Waals surface area contributed by atoms with Gasteiger partial charge in [-0.25, -0.2) is 12.8 Å². The molecule has 0 heterocycles. The van der Waals surface area contributed by atoms with Gasteiger partial charge < -0.3 is 10.6 Å². The molecule has 148 valence electrons. The third kappa shape index (κ3) is 5.07. The fourth-order valence-electron chi connectivity index (χ4n) is 2.64. The predicted molar refractivity (Wildman–Crippen MR) is 103 cm³/mol. The molecule has 1 saturated carbocycles. The molecule has 1 aliphatic carbocycles. The number of hydrogen-bond acceptors (Lipinski definition) is 4. The Kier molecular flexibility index (Phi) is 5.64. The third-order valence-electron chi connectivity index (χ3n) is 4.41. The van der Waals surface area contributed by atoms with E-state index in [1.54, 1.807) is 0 Å². The molecule has 2 aromatic rings. The first-order chi connectivity index (χ1) is 13.2. The fourth-order valence-corrected chi connectivity index (χ4v) is 3.70. The summed E-state index contributed by atoms with van der Waals surface area (Å²) < 4.78 is 39.8.